The lowest BCUT2D eigenvalue weighted by atomic mass is 9.81. The highest BCUT2D eigenvalue weighted by molar-refractivity contribution is 6.07. The first-order valence-electron chi connectivity index (χ1n) is 11.6. The largest absolute Gasteiger partial charge is 0.444 e. The minimum atomic E-state index is -0.476. The topological polar surface area (TPSA) is 111 Å². The molecule has 0 unspecified atom stereocenters. The molecule has 8 nitrogen and oxygen atoms in total. The summed E-state index contributed by atoms with van der Waals surface area (Å²) in [5, 5.41) is 20.3. The van der Waals surface area contributed by atoms with Crippen molar-refractivity contribution in [1.82, 2.24) is 20.2 Å². The molecule has 1 aromatic carbocycles. The smallest absolute Gasteiger partial charge is 0.410 e. The Balaban J connectivity index is 1.38. The number of fused-ring (bicyclic) bond motifs is 1. The second-order valence-electron chi connectivity index (χ2n) is 10.2. The van der Waals surface area contributed by atoms with Crippen LogP contribution in [0.3, 0.4) is 0 Å². The fraction of sp³-hybridized carbons (Fsp3) is 0.520. The van der Waals surface area contributed by atoms with E-state index in [4.69, 9.17) is 20.2 Å². The fourth-order valence-electron chi connectivity index (χ4n) is 4.25. The van der Waals surface area contributed by atoms with Gasteiger partial charge in [0.25, 0.3) is 0 Å². The van der Waals surface area contributed by atoms with Crippen LogP contribution in [0.15, 0.2) is 30.6 Å². The van der Waals surface area contributed by atoms with Crippen LogP contribution in [-0.2, 0) is 11.2 Å². The van der Waals surface area contributed by atoms with Gasteiger partial charge < -0.3 is 25.5 Å². The molecule has 0 atom stereocenters. The van der Waals surface area contributed by atoms with Crippen molar-refractivity contribution < 1.29 is 14.6 Å². The number of aromatic nitrogens is 2. The molecule has 3 N–H and O–H groups in total. The molecule has 33 heavy (non-hydrogen) atoms. The first kappa shape index (κ1) is 23.2. The minimum absolute atomic E-state index is 0.234. The molecule has 2 heterocycles. The van der Waals surface area contributed by atoms with Crippen molar-refractivity contribution in [3.05, 3.63) is 41.9 Å². The van der Waals surface area contributed by atoms with E-state index in [0.717, 1.165) is 35.9 Å². The van der Waals surface area contributed by atoms with E-state index in [9.17, 15) is 4.79 Å². The third-order valence-electron chi connectivity index (χ3n) is 6.16. The van der Waals surface area contributed by atoms with E-state index in [1.807, 2.05) is 33.0 Å². The van der Waals surface area contributed by atoms with Crippen molar-refractivity contribution in [2.24, 2.45) is 11.8 Å². The molecule has 2 aromatic rings. The summed E-state index contributed by atoms with van der Waals surface area (Å²) < 4.78 is 5.43. The zero-order valence-corrected chi connectivity index (χ0v) is 19.5. The van der Waals surface area contributed by atoms with Gasteiger partial charge in [0.2, 0.25) is 0 Å². The number of hydrogen-bond acceptors (Lipinski definition) is 7. The molecule has 1 aromatic heterocycles. The van der Waals surface area contributed by atoms with Gasteiger partial charge in [0, 0.05) is 43.7 Å². The molecule has 1 saturated carbocycles. The molecule has 1 aliphatic heterocycles. The summed E-state index contributed by atoms with van der Waals surface area (Å²) in [4.78, 5) is 23.2. The van der Waals surface area contributed by atoms with E-state index in [0.29, 0.717) is 42.2 Å². The van der Waals surface area contributed by atoms with Gasteiger partial charge in [-0.05, 0) is 69.6 Å². The Labute approximate surface area is 194 Å². The van der Waals surface area contributed by atoms with E-state index >= 15 is 0 Å². The van der Waals surface area contributed by atoms with Crippen LogP contribution in [0.4, 0.5) is 4.79 Å². The summed E-state index contributed by atoms with van der Waals surface area (Å²) in [7, 11) is 0. The van der Waals surface area contributed by atoms with Gasteiger partial charge in [0.15, 0.2) is 0 Å². The number of nitrogens with one attached hydrogen (secondary N) is 2. The van der Waals surface area contributed by atoms with Crippen LogP contribution < -0.4 is 5.32 Å². The summed E-state index contributed by atoms with van der Waals surface area (Å²) >= 11 is 0. The lowest BCUT2D eigenvalue weighted by molar-refractivity contribution is -0.000878. The lowest BCUT2D eigenvalue weighted by Gasteiger charge is -2.39. The normalized spacial score (nSPS) is 21.3. The second-order valence-corrected chi connectivity index (χ2v) is 10.2. The summed E-state index contributed by atoms with van der Waals surface area (Å²) in [6.07, 6.45) is 7.31. The van der Waals surface area contributed by atoms with E-state index in [-0.39, 0.29) is 12.7 Å². The van der Waals surface area contributed by atoms with Gasteiger partial charge >= 0.3 is 6.09 Å². The zero-order chi connectivity index (χ0) is 23.6. The van der Waals surface area contributed by atoms with Gasteiger partial charge in [-0.3, -0.25) is 4.98 Å². The standard InChI is InChI=1S/C25H33N5O3/c1-25(2,3)33-24(32)30-13-18(14-30)6-16-4-5-21-22(9-16)29-23(12-28-21)19(10-26)11-27-20-7-17(8-20)15-31/h4-5,9-12,17-18,20,26-27,31H,6-8,13-15H2,1-3H3/b19-11+,26-10?. The Morgan fingerprint density at radius 3 is 2.70 bits per heavy atom. The number of allylic oxidation sites excluding steroid dienone is 1. The van der Waals surface area contributed by atoms with Crippen molar-refractivity contribution in [2.45, 2.75) is 51.7 Å². The molecule has 0 spiro atoms. The van der Waals surface area contributed by atoms with Crippen LogP contribution in [-0.4, -0.2) is 63.6 Å². The predicted octanol–water partition coefficient (Wildman–Crippen LogP) is 3.39. The van der Waals surface area contributed by atoms with Crippen molar-refractivity contribution in [1.29, 1.82) is 5.41 Å². The maximum Gasteiger partial charge on any atom is 0.410 e. The van der Waals surface area contributed by atoms with E-state index in [2.05, 4.69) is 22.4 Å². The Kier molecular flexibility index (Phi) is 6.65. The van der Waals surface area contributed by atoms with Crippen LogP contribution in [0.2, 0.25) is 0 Å². The number of benzene rings is 1. The summed E-state index contributed by atoms with van der Waals surface area (Å²) in [5.41, 5.74) is 3.62. The van der Waals surface area contributed by atoms with E-state index in [1.54, 1.807) is 11.1 Å². The summed E-state index contributed by atoms with van der Waals surface area (Å²) in [5.74, 6) is 0.780. The quantitative estimate of drug-likeness (QED) is 0.557. The van der Waals surface area contributed by atoms with Crippen molar-refractivity contribution in [3.8, 4) is 0 Å². The molecule has 176 valence electrons. The molecule has 8 heteroatoms. The van der Waals surface area contributed by atoms with Crippen LogP contribution >= 0.6 is 0 Å². The van der Waals surface area contributed by atoms with Crippen LogP contribution in [0.25, 0.3) is 16.6 Å². The number of rotatable bonds is 7. The van der Waals surface area contributed by atoms with Gasteiger partial charge in [0.1, 0.15) is 5.60 Å². The monoisotopic (exact) mass is 451 g/mol. The zero-order valence-electron chi connectivity index (χ0n) is 19.5. The molecule has 1 saturated heterocycles. The highest BCUT2D eigenvalue weighted by Gasteiger charge is 2.33. The summed E-state index contributed by atoms with van der Waals surface area (Å²) in [6, 6.07) is 6.42. The third kappa shape index (κ3) is 5.68. The minimum Gasteiger partial charge on any atom is -0.444 e. The van der Waals surface area contributed by atoms with Gasteiger partial charge in [-0.25, -0.2) is 9.78 Å². The molecule has 1 amide bonds. The molecule has 4 rings (SSSR count). The molecule has 2 fully saturated rings. The van der Waals surface area contributed by atoms with Crippen molar-refractivity contribution >= 4 is 28.9 Å². The SMILES string of the molecule is CC(C)(C)OC(=O)N1CC(Cc2ccc3ncc(/C(C=N)=C/NC4CC(CO)C4)nc3c2)C1. The Morgan fingerprint density at radius 2 is 2.03 bits per heavy atom. The number of carbonyl (C=O) groups excluding carboxylic acids is 1. The second kappa shape index (κ2) is 9.47. The van der Waals surface area contributed by atoms with Crippen LogP contribution in [0.1, 0.15) is 44.9 Å². The first-order valence-corrected chi connectivity index (χ1v) is 11.6. The number of likely N-dealkylation sites (tertiary alicyclic amines) is 1. The Morgan fingerprint density at radius 1 is 1.27 bits per heavy atom. The number of nitrogens with zero attached hydrogens (tertiary/aromatic N) is 3. The molecule has 0 bridgehead atoms. The van der Waals surface area contributed by atoms with E-state index < -0.39 is 5.60 Å². The highest BCUT2D eigenvalue weighted by atomic mass is 16.6. The maximum atomic E-state index is 12.1. The summed E-state index contributed by atoms with van der Waals surface area (Å²) in [6.45, 7) is 7.26. The van der Waals surface area contributed by atoms with Crippen molar-refractivity contribution in [2.75, 3.05) is 19.7 Å². The third-order valence-corrected chi connectivity index (χ3v) is 6.16. The van der Waals surface area contributed by atoms with Gasteiger partial charge in [-0.2, -0.15) is 0 Å². The molecule has 1 aliphatic carbocycles. The predicted molar refractivity (Wildman–Crippen MR) is 128 cm³/mol. The van der Waals surface area contributed by atoms with Crippen LogP contribution in [0.5, 0.6) is 0 Å². The first-order chi connectivity index (χ1) is 15.7. The van der Waals surface area contributed by atoms with E-state index in [1.165, 1.54) is 6.21 Å². The molecular formula is C25H33N5O3. The Hall–Kier alpha value is -3.00. The molecule has 2 aliphatic rings. The number of ether oxygens (including phenoxy) is 1. The average molecular weight is 452 g/mol. The fourth-order valence-corrected chi connectivity index (χ4v) is 4.25. The van der Waals surface area contributed by atoms with Gasteiger partial charge in [0.05, 0.1) is 22.9 Å². The highest BCUT2D eigenvalue weighted by Crippen LogP contribution is 2.27. The van der Waals surface area contributed by atoms with Gasteiger partial charge in [-0.1, -0.05) is 6.07 Å². The number of amides is 1. The Bertz CT molecular complexity index is 1050. The number of aliphatic hydroxyl groups is 1. The van der Waals surface area contributed by atoms with Crippen LogP contribution in [0, 0.1) is 17.2 Å². The van der Waals surface area contributed by atoms with Crippen molar-refractivity contribution in [3.63, 3.8) is 0 Å². The molecular weight excluding hydrogens is 418 g/mol. The number of carbonyl (C=O) groups is 1. The van der Waals surface area contributed by atoms with Gasteiger partial charge in [-0.15, -0.1) is 0 Å². The maximum absolute atomic E-state index is 12.1. The number of hydrogen-bond donors (Lipinski definition) is 3. The number of aliphatic hydroxyl groups excluding tert-OH is 1. The molecule has 0 radical (unpaired) electrons. The lowest BCUT2D eigenvalue weighted by Crippen LogP contribution is -2.52. The average Bonchev–Trinajstić information content (AvgIpc) is 2.70.